The number of allylic oxidation sites excluding steroid dienone is 1. The van der Waals surface area contributed by atoms with Gasteiger partial charge in [-0.05, 0) is 87.1 Å². The second-order valence-corrected chi connectivity index (χ2v) is 16.5. The number of nitrogens with zero attached hydrogens (tertiary/aromatic N) is 3. The molecule has 0 atom stereocenters. The highest BCUT2D eigenvalue weighted by Gasteiger charge is 2.20. The van der Waals surface area contributed by atoms with Crippen molar-refractivity contribution in [2.75, 3.05) is 0 Å². The first-order chi connectivity index (χ1) is 31.7. The van der Waals surface area contributed by atoms with Crippen LogP contribution in [-0.2, 0) is 6.42 Å². The van der Waals surface area contributed by atoms with E-state index in [0.717, 1.165) is 50.3 Å². The minimum atomic E-state index is 0.463. The molecule has 0 saturated heterocycles. The minimum Gasteiger partial charge on any atom is -0.383 e. The Kier molecular flexibility index (Phi) is 9.01. The van der Waals surface area contributed by atoms with Gasteiger partial charge in [0.25, 0.3) is 0 Å². The summed E-state index contributed by atoms with van der Waals surface area (Å²) in [6, 6.07) is 80.3. The third-order valence-electron chi connectivity index (χ3n) is 12.7. The Morgan fingerprint density at radius 3 is 1.44 bits per heavy atom. The molecule has 0 bridgehead atoms. The highest BCUT2D eigenvalue weighted by atomic mass is 15.0. The van der Waals surface area contributed by atoms with Gasteiger partial charge in [-0.2, -0.15) is 0 Å². The third-order valence-corrected chi connectivity index (χ3v) is 12.7. The van der Waals surface area contributed by atoms with E-state index in [9.17, 15) is 0 Å². The number of hydrogen-bond acceptors (Lipinski definition) is 1. The predicted octanol–water partition coefficient (Wildman–Crippen LogP) is 14.8. The molecule has 4 heteroatoms. The Morgan fingerprint density at radius 1 is 0.406 bits per heavy atom. The van der Waals surface area contributed by atoms with Crippen molar-refractivity contribution in [1.82, 2.24) is 9.13 Å². The lowest BCUT2D eigenvalue weighted by Gasteiger charge is -2.17. The molecule has 0 aliphatic heterocycles. The molecule has 64 heavy (non-hydrogen) atoms. The molecule has 12 aromatic rings. The van der Waals surface area contributed by atoms with E-state index in [0.29, 0.717) is 12.3 Å². The SMILES string of the molecule is NC(=N/C(=C\Cc1ccc(-c2ccccc2)cc1)c1cc(-n2c3ccccc3c3c4ccccc4ccc32)cc(-n2c3ccccc3c3c4ccccc4ccc32)c1)c1ccccc1. The van der Waals surface area contributed by atoms with Gasteiger partial charge in [-0.3, -0.25) is 0 Å². The lowest BCUT2D eigenvalue weighted by Crippen LogP contribution is -2.13. The Bertz CT molecular complexity index is 3620. The Balaban J connectivity index is 1.13. The Morgan fingerprint density at radius 2 is 0.875 bits per heavy atom. The van der Waals surface area contributed by atoms with Crippen molar-refractivity contribution in [3.63, 3.8) is 0 Å². The number of fused-ring (bicyclic) bond motifs is 10. The van der Waals surface area contributed by atoms with Gasteiger partial charge >= 0.3 is 0 Å². The van der Waals surface area contributed by atoms with Crippen molar-refractivity contribution in [2.45, 2.75) is 6.42 Å². The van der Waals surface area contributed by atoms with E-state index in [-0.39, 0.29) is 0 Å². The summed E-state index contributed by atoms with van der Waals surface area (Å²) < 4.78 is 4.86. The fourth-order valence-corrected chi connectivity index (χ4v) is 9.75. The van der Waals surface area contributed by atoms with Gasteiger partial charge in [0.15, 0.2) is 0 Å². The van der Waals surface area contributed by atoms with Crippen LogP contribution in [0, 0.1) is 0 Å². The topological polar surface area (TPSA) is 48.2 Å². The maximum atomic E-state index is 6.95. The van der Waals surface area contributed by atoms with Crippen molar-refractivity contribution in [1.29, 1.82) is 0 Å². The summed E-state index contributed by atoms with van der Waals surface area (Å²) in [5, 5.41) is 9.82. The van der Waals surface area contributed by atoms with Crippen molar-refractivity contribution < 1.29 is 0 Å². The monoisotopic (exact) mass is 818 g/mol. The molecule has 0 unspecified atom stereocenters. The molecule has 10 aromatic carbocycles. The van der Waals surface area contributed by atoms with E-state index in [1.807, 2.05) is 30.3 Å². The number of nitrogens with two attached hydrogens (primary N) is 1. The number of benzene rings is 10. The van der Waals surface area contributed by atoms with Crippen LogP contribution in [0.2, 0.25) is 0 Å². The average molecular weight is 819 g/mol. The summed E-state index contributed by atoms with van der Waals surface area (Å²) in [4.78, 5) is 5.31. The van der Waals surface area contributed by atoms with Crippen molar-refractivity contribution in [2.24, 2.45) is 10.7 Å². The Labute approximate surface area is 371 Å². The molecular weight excluding hydrogens is 777 g/mol. The number of amidine groups is 1. The molecule has 0 spiro atoms. The molecule has 2 aromatic heterocycles. The molecule has 2 N–H and O–H groups in total. The summed E-state index contributed by atoms with van der Waals surface area (Å²) >= 11 is 0. The highest BCUT2D eigenvalue weighted by molar-refractivity contribution is 6.22. The highest BCUT2D eigenvalue weighted by Crippen LogP contribution is 2.41. The van der Waals surface area contributed by atoms with Crippen LogP contribution in [0.1, 0.15) is 16.7 Å². The van der Waals surface area contributed by atoms with E-state index in [1.54, 1.807) is 0 Å². The van der Waals surface area contributed by atoms with Gasteiger partial charge in [-0.1, -0.05) is 188 Å². The standard InChI is InChI=1S/C60H42N4/c61-60(45-19-5-2-6-20-45)62-53(34-29-40-27-30-42(31-28-40)41-15-3-1-4-16-41)46-37-47(63-54-25-13-11-23-51(54)58-49-21-9-7-17-43(49)32-35-56(58)63)39-48(38-46)64-55-26-14-12-24-52(55)59-50-22-10-8-18-44(50)33-36-57(59)64/h1-28,30-39H,29H2,(H2,61,62)/b53-34-. The summed E-state index contributed by atoms with van der Waals surface area (Å²) in [6.45, 7) is 0. The normalized spacial score (nSPS) is 12.4. The zero-order valence-corrected chi connectivity index (χ0v) is 35.1. The van der Waals surface area contributed by atoms with Crippen LogP contribution >= 0.6 is 0 Å². The van der Waals surface area contributed by atoms with Gasteiger partial charge in [-0.25, -0.2) is 4.99 Å². The number of hydrogen-bond donors (Lipinski definition) is 1. The first kappa shape index (κ1) is 37.3. The van der Waals surface area contributed by atoms with Crippen LogP contribution in [0.15, 0.2) is 236 Å². The quantitative estimate of drug-likeness (QED) is 0.120. The molecule has 0 saturated carbocycles. The zero-order chi connectivity index (χ0) is 42.6. The molecule has 4 nitrogen and oxygen atoms in total. The van der Waals surface area contributed by atoms with Crippen LogP contribution in [0.3, 0.4) is 0 Å². The van der Waals surface area contributed by atoms with Crippen molar-refractivity contribution in [3.05, 3.63) is 247 Å². The average Bonchev–Trinajstić information content (AvgIpc) is 3.89. The number of aromatic nitrogens is 2. The van der Waals surface area contributed by atoms with Gasteiger partial charge in [0.05, 0.1) is 27.8 Å². The molecule has 0 radical (unpaired) electrons. The van der Waals surface area contributed by atoms with Gasteiger partial charge in [0.1, 0.15) is 5.84 Å². The summed E-state index contributed by atoms with van der Waals surface area (Å²) in [7, 11) is 0. The first-order valence-corrected chi connectivity index (χ1v) is 21.9. The van der Waals surface area contributed by atoms with Crippen molar-refractivity contribution >= 4 is 76.7 Å². The van der Waals surface area contributed by atoms with Gasteiger partial charge in [0, 0.05) is 44.0 Å². The smallest absolute Gasteiger partial charge is 0.131 e. The first-order valence-electron chi connectivity index (χ1n) is 21.9. The van der Waals surface area contributed by atoms with E-state index in [4.69, 9.17) is 10.7 Å². The molecule has 302 valence electrons. The molecule has 12 rings (SSSR count). The van der Waals surface area contributed by atoms with E-state index >= 15 is 0 Å². The number of para-hydroxylation sites is 2. The zero-order valence-electron chi connectivity index (χ0n) is 35.1. The molecule has 0 amide bonds. The molecule has 0 fully saturated rings. The summed E-state index contributed by atoms with van der Waals surface area (Å²) in [6.07, 6.45) is 2.90. The number of rotatable bonds is 8. The van der Waals surface area contributed by atoms with Gasteiger partial charge in [-0.15, -0.1) is 0 Å². The fourth-order valence-electron chi connectivity index (χ4n) is 9.75. The number of aliphatic imine (C=N–C) groups is 1. The third kappa shape index (κ3) is 6.35. The van der Waals surface area contributed by atoms with E-state index in [1.165, 1.54) is 59.8 Å². The van der Waals surface area contributed by atoms with Crippen LogP contribution < -0.4 is 5.73 Å². The summed E-state index contributed by atoms with van der Waals surface area (Å²) in [5.74, 6) is 0.463. The predicted molar refractivity (Wildman–Crippen MR) is 271 cm³/mol. The van der Waals surface area contributed by atoms with Gasteiger partial charge in [0.2, 0.25) is 0 Å². The van der Waals surface area contributed by atoms with Crippen LogP contribution in [0.25, 0.3) is 93.4 Å². The molecule has 2 heterocycles. The van der Waals surface area contributed by atoms with Crippen LogP contribution in [0.5, 0.6) is 0 Å². The van der Waals surface area contributed by atoms with Gasteiger partial charge < -0.3 is 14.9 Å². The lowest BCUT2D eigenvalue weighted by atomic mass is 10.0. The maximum absolute atomic E-state index is 6.95. The Hall–Kier alpha value is -8.47. The van der Waals surface area contributed by atoms with Crippen molar-refractivity contribution in [3.8, 4) is 22.5 Å². The lowest BCUT2D eigenvalue weighted by molar-refractivity contribution is 1.13. The second kappa shape index (κ2) is 15.5. The molecule has 0 aliphatic rings. The minimum absolute atomic E-state index is 0.463. The van der Waals surface area contributed by atoms with E-state index in [2.05, 4.69) is 209 Å². The largest absolute Gasteiger partial charge is 0.383 e. The fraction of sp³-hybridized carbons (Fsp3) is 0.0167. The van der Waals surface area contributed by atoms with Crippen LogP contribution in [0.4, 0.5) is 0 Å². The molecular formula is C60H42N4. The van der Waals surface area contributed by atoms with Crippen LogP contribution in [-0.4, -0.2) is 15.0 Å². The molecule has 0 aliphatic carbocycles. The van der Waals surface area contributed by atoms with E-state index < -0.39 is 0 Å². The second-order valence-electron chi connectivity index (χ2n) is 16.5. The summed E-state index contributed by atoms with van der Waals surface area (Å²) in [5.41, 5.74) is 19.8. The maximum Gasteiger partial charge on any atom is 0.131 e.